The minimum Gasteiger partial charge on any atom is -0.372 e. The Kier molecular flexibility index (Phi) is 4.18. The minimum atomic E-state index is -3.78. The number of aryl methyl sites for hydroxylation is 1. The molecule has 3 heterocycles. The molecule has 0 aliphatic carbocycles. The molecule has 1 aliphatic heterocycles. The van der Waals surface area contributed by atoms with Gasteiger partial charge >= 0.3 is 0 Å². The summed E-state index contributed by atoms with van der Waals surface area (Å²) in [5.41, 5.74) is 0.837. The van der Waals surface area contributed by atoms with Gasteiger partial charge in [0.15, 0.2) is 5.03 Å². The van der Waals surface area contributed by atoms with Gasteiger partial charge in [-0.15, -0.1) is 0 Å². The number of pyridine rings is 1. The zero-order valence-corrected chi connectivity index (χ0v) is 13.4. The summed E-state index contributed by atoms with van der Waals surface area (Å²) in [6.07, 6.45) is 4.85. The Morgan fingerprint density at radius 1 is 1.45 bits per heavy atom. The fourth-order valence-electron chi connectivity index (χ4n) is 2.54. The van der Waals surface area contributed by atoms with Crippen LogP contribution in [0.5, 0.6) is 0 Å². The maximum absolute atomic E-state index is 12.5. The van der Waals surface area contributed by atoms with Crippen LogP contribution in [0.25, 0.3) is 0 Å². The first-order valence-corrected chi connectivity index (χ1v) is 8.56. The first-order chi connectivity index (χ1) is 10.5. The molecular weight excluding hydrogens is 328 g/mol. The molecule has 9 heteroatoms. The van der Waals surface area contributed by atoms with Crippen molar-refractivity contribution in [1.29, 1.82) is 0 Å². The SMILES string of the molecule is Cn1ncc(Cl)c1S(=O)(=O)N[C@H]1CCO[C@@H]1c1cccnc1. The molecule has 0 bridgehead atoms. The molecule has 0 aromatic carbocycles. The van der Waals surface area contributed by atoms with Crippen LogP contribution in [0.1, 0.15) is 18.1 Å². The van der Waals surface area contributed by atoms with E-state index in [0.717, 1.165) is 5.56 Å². The third kappa shape index (κ3) is 2.87. The van der Waals surface area contributed by atoms with E-state index >= 15 is 0 Å². The molecule has 22 heavy (non-hydrogen) atoms. The molecule has 0 saturated carbocycles. The maximum Gasteiger partial charge on any atom is 0.259 e. The molecule has 0 radical (unpaired) electrons. The summed E-state index contributed by atoms with van der Waals surface area (Å²) in [7, 11) is -2.25. The number of rotatable bonds is 4. The van der Waals surface area contributed by atoms with Gasteiger partial charge in [-0.3, -0.25) is 9.67 Å². The van der Waals surface area contributed by atoms with Crippen LogP contribution in [-0.4, -0.2) is 35.8 Å². The van der Waals surface area contributed by atoms with Crippen LogP contribution >= 0.6 is 11.6 Å². The molecule has 0 unspecified atom stereocenters. The molecule has 0 amide bonds. The lowest BCUT2D eigenvalue weighted by molar-refractivity contribution is 0.102. The first kappa shape index (κ1) is 15.4. The summed E-state index contributed by atoms with van der Waals surface area (Å²) in [5, 5.41) is 3.90. The van der Waals surface area contributed by atoms with Crippen molar-refractivity contribution in [1.82, 2.24) is 19.5 Å². The van der Waals surface area contributed by atoms with E-state index < -0.39 is 10.0 Å². The Morgan fingerprint density at radius 2 is 2.27 bits per heavy atom. The maximum atomic E-state index is 12.5. The summed E-state index contributed by atoms with van der Waals surface area (Å²) < 4.78 is 34.6. The highest BCUT2D eigenvalue weighted by molar-refractivity contribution is 7.89. The summed E-state index contributed by atoms with van der Waals surface area (Å²) in [6.45, 7) is 0.478. The predicted molar refractivity (Wildman–Crippen MR) is 79.9 cm³/mol. The van der Waals surface area contributed by atoms with Crippen LogP contribution in [-0.2, 0) is 21.8 Å². The van der Waals surface area contributed by atoms with E-state index in [0.29, 0.717) is 13.0 Å². The molecule has 2 atom stereocenters. The minimum absolute atomic E-state index is 0.0500. The van der Waals surface area contributed by atoms with Gasteiger partial charge in [0.2, 0.25) is 0 Å². The Morgan fingerprint density at radius 3 is 2.91 bits per heavy atom. The second kappa shape index (κ2) is 5.96. The standard InChI is InChI=1S/C13H15ClN4O3S/c1-18-13(10(14)8-16-18)22(19,20)17-11-4-6-21-12(11)9-3-2-5-15-7-9/h2-3,5,7-8,11-12,17H,4,6H2,1H3/t11-,12+/m0/s1. The molecule has 3 rings (SSSR count). The third-order valence-electron chi connectivity index (χ3n) is 3.51. The molecule has 2 aromatic heterocycles. The van der Waals surface area contributed by atoms with Crippen molar-refractivity contribution in [3.8, 4) is 0 Å². The number of nitrogens with zero attached hydrogens (tertiary/aromatic N) is 3. The van der Waals surface area contributed by atoms with Crippen molar-refractivity contribution in [2.75, 3.05) is 6.61 Å². The lowest BCUT2D eigenvalue weighted by Crippen LogP contribution is -2.37. The van der Waals surface area contributed by atoms with Crippen LogP contribution in [0.2, 0.25) is 5.02 Å². The van der Waals surface area contributed by atoms with E-state index in [1.54, 1.807) is 18.5 Å². The van der Waals surface area contributed by atoms with Crippen LogP contribution in [0, 0.1) is 0 Å². The monoisotopic (exact) mass is 342 g/mol. The van der Waals surface area contributed by atoms with Gasteiger partial charge in [0, 0.05) is 31.6 Å². The Bertz CT molecular complexity index is 743. The summed E-state index contributed by atoms with van der Waals surface area (Å²) in [6, 6.07) is 3.28. The molecule has 0 spiro atoms. The summed E-state index contributed by atoms with van der Waals surface area (Å²) in [4.78, 5) is 4.05. The van der Waals surface area contributed by atoms with Crippen LogP contribution in [0.4, 0.5) is 0 Å². The van der Waals surface area contributed by atoms with Gasteiger partial charge in [0.1, 0.15) is 6.10 Å². The van der Waals surface area contributed by atoms with Gasteiger partial charge in [0.25, 0.3) is 10.0 Å². The molecule has 2 aromatic rings. The lowest BCUT2D eigenvalue weighted by Gasteiger charge is -2.20. The Hall–Kier alpha value is -1.48. The summed E-state index contributed by atoms with van der Waals surface area (Å²) in [5.74, 6) is 0. The molecule has 1 fully saturated rings. The number of sulfonamides is 1. The van der Waals surface area contributed by atoms with Gasteiger partial charge in [-0.2, -0.15) is 5.10 Å². The molecule has 1 N–H and O–H groups in total. The highest BCUT2D eigenvalue weighted by Crippen LogP contribution is 2.30. The normalized spacial score (nSPS) is 22.1. The van der Waals surface area contributed by atoms with Crippen molar-refractivity contribution < 1.29 is 13.2 Å². The number of nitrogens with one attached hydrogen (secondary N) is 1. The Labute approximate surface area is 133 Å². The van der Waals surface area contributed by atoms with E-state index in [1.807, 2.05) is 6.07 Å². The Balaban J connectivity index is 1.86. The zero-order valence-electron chi connectivity index (χ0n) is 11.8. The van der Waals surface area contributed by atoms with E-state index in [2.05, 4.69) is 14.8 Å². The highest BCUT2D eigenvalue weighted by Gasteiger charge is 2.35. The predicted octanol–water partition coefficient (Wildman–Crippen LogP) is 1.28. The molecule has 118 valence electrons. The largest absolute Gasteiger partial charge is 0.372 e. The van der Waals surface area contributed by atoms with Gasteiger partial charge in [-0.25, -0.2) is 13.1 Å². The number of ether oxygens (including phenoxy) is 1. The average molecular weight is 343 g/mol. The quantitative estimate of drug-likeness (QED) is 0.904. The van der Waals surface area contributed by atoms with Crippen LogP contribution in [0.3, 0.4) is 0 Å². The van der Waals surface area contributed by atoms with Crippen molar-refractivity contribution >= 4 is 21.6 Å². The second-order valence-electron chi connectivity index (χ2n) is 5.02. The van der Waals surface area contributed by atoms with E-state index in [9.17, 15) is 8.42 Å². The molecule has 7 nitrogen and oxygen atoms in total. The van der Waals surface area contributed by atoms with Crippen molar-refractivity contribution in [2.45, 2.75) is 23.6 Å². The van der Waals surface area contributed by atoms with Gasteiger partial charge < -0.3 is 4.74 Å². The highest BCUT2D eigenvalue weighted by atomic mass is 35.5. The topological polar surface area (TPSA) is 86.1 Å². The van der Waals surface area contributed by atoms with E-state index in [4.69, 9.17) is 16.3 Å². The number of aromatic nitrogens is 3. The molecule has 1 aliphatic rings. The lowest BCUT2D eigenvalue weighted by atomic mass is 10.1. The van der Waals surface area contributed by atoms with Crippen molar-refractivity contribution in [3.05, 3.63) is 41.3 Å². The fraction of sp³-hybridized carbons (Fsp3) is 0.385. The van der Waals surface area contributed by atoms with E-state index in [-0.39, 0.29) is 22.2 Å². The zero-order chi connectivity index (χ0) is 15.7. The first-order valence-electron chi connectivity index (χ1n) is 6.70. The summed E-state index contributed by atoms with van der Waals surface area (Å²) >= 11 is 5.92. The average Bonchev–Trinajstić information content (AvgIpc) is 3.06. The van der Waals surface area contributed by atoms with Gasteiger partial charge in [-0.05, 0) is 12.5 Å². The molecular formula is C13H15ClN4O3S. The third-order valence-corrected chi connectivity index (χ3v) is 5.50. The van der Waals surface area contributed by atoms with E-state index in [1.165, 1.54) is 17.9 Å². The number of hydrogen-bond acceptors (Lipinski definition) is 5. The van der Waals surface area contributed by atoms with Gasteiger partial charge in [-0.1, -0.05) is 17.7 Å². The second-order valence-corrected chi connectivity index (χ2v) is 7.05. The number of hydrogen-bond donors (Lipinski definition) is 1. The fourth-order valence-corrected chi connectivity index (χ4v) is 4.47. The van der Waals surface area contributed by atoms with Crippen LogP contribution in [0.15, 0.2) is 35.7 Å². The van der Waals surface area contributed by atoms with Gasteiger partial charge in [0.05, 0.1) is 17.3 Å². The van der Waals surface area contributed by atoms with Crippen molar-refractivity contribution in [2.24, 2.45) is 7.05 Å². The van der Waals surface area contributed by atoms with Crippen molar-refractivity contribution in [3.63, 3.8) is 0 Å². The molecule has 1 saturated heterocycles. The van der Waals surface area contributed by atoms with Crippen LogP contribution < -0.4 is 4.72 Å². The smallest absolute Gasteiger partial charge is 0.259 e. The number of halogens is 1.